The average molecular weight is 286 g/mol. The van der Waals surface area contributed by atoms with Gasteiger partial charge in [-0.3, -0.25) is 0 Å². The second kappa shape index (κ2) is 6.51. The highest BCUT2D eigenvalue weighted by atomic mass is 32.2. The minimum Gasteiger partial charge on any atom is -0.363 e. The summed E-state index contributed by atoms with van der Waals surface area (Å²) in [6.07, 6.45) is 3.97. The summed E-state index contributed by atoms with van der Waals surface area (Å²) in [5.41, 5.74) is 0.863. The first-order chi connectivity index (χ1) is 9.12. The van der Waals surface area contributed by atoms with Crippen molar-refractivity contribution in [1.29, 1.82) is 0 Å². The van der Waals surface area contributed by atoms with Crippen LogP contribution in [0.1, 0.15) is 18.5 Å². The normalized spacial score (nSPS) is 17.1. The zero-order chi connectivity index (χ0) is 13.7. The van der Waals surface area contributed by atoms with Crippen LogP contribution in [0.2, 0.25) is 0 Å². The molecule has 3 N–H and O–H groups in total. The Labute approximate surface area is 114 Å². The van der Waals surface area contributed by atoms with Crippen molar-refractivity contribution < 1.29 is 8.42 Å². The van der Waals surface area contributed by atoms with E-state index in [0.717, 1.165) is 25.3 Å². The second-order valence-electron chi connectivity index (χ2n) is 4.84. The highest BCUT2D eigenvalue weighted by Crippen LogP contribution is 2.10. The van der Waals surface area contributed by atoms with E-state index < -0.39 is 10.0 Å². The van der Waals surface area contributed by atoms with E-state index in [0.29, 0.717) is 18.0 Å². The predicted octanol–water partition coefficient (Wildman–Crippen LogP) is 0.108. The van der Waals surface area contributed by atoms with Crippen LogP contribution >= 0.6 is 0 Å². The summed E-state index contributed by atoms with van der Waals surface area (Å²) in [4.78, 5) is 5.54. The van der Waals surface area contributed by atoms with Gasteiger partial charge in [0.05, 0.1) is 4.90 Å². The maximum atomic E-state index is 12.1. The van der Waals surface area contributed by atoms with Crippen molar-refractivity contribution in [3.8, 4) is 0 Å². The van der Waals surface area contributed by atoms with Gasteiger partial charge in [0.25, 0.3) is 0 Å². The van der Waals surface area contributed by atoms with E-state index in [1.54, 1.807) is 6.07 Å². The summed E-state index contributed by atoms with van der Waals surface area (Å²) in [6.45, 7) is 4.04. The minimum absolute atomic E-state index is 0.305. The maximum absolute atomic E-state index is 12.1. The zero-order valence-corrected chi connectivity index (χ0v) is 12.1. The standard InChI is InChI=1S/C12H22N4O2S/c1-13-9-11-8-12(10-14-11)19(17,18)15-4-7-16-5-2-3-6-16/h8,10,13-15H,2-7,9H2,1H3. The van der Waals surface area contributed by atoms with Gasteiger partial charge in [-0.1, -0.05) is 0 Å². The van der Waals surface area contributed by atoms with Gasteiger partial charge in [0, 0.05) is 31.5 Å². The highest BCUT2D eigenvalue weighted by Gasteiger charge is 2.17. The molecule has 108 valence electrons. The molecular weight excluding hydrogens is 264 g/mol. The lowest BCUT2D eigenvalue weighted by Gasteiger charge is -2.14. The Bertz CT molecular complexity index is 492. The highest BCUT2D eigenvalue weighted by molar-refractivity contribution is 7.89. The Kier molecular flexibility index (Phi) is 4.98. The van der Waals surface area contributed by atoms with Gasteiger partial charge in [-0.05, 0) is 39.0 Å². The number of nitrogens with zero attached hydrogens (tertiary/aromatic N) is 1. The van der Waals surface area contributed by atoms with Crippen LogP contribution in [0.5, 0.6) is 0 Å². The Balaban J connectivity index is 1.85. The Morgan fingerprint density at radius 1 is 1.37 bits per heavy atom. The average Bonchev–Trinajstić information content (AvgIpc) is 3.00. The molecule has 0 unspecified atom stereocenters. The van der Waals surface area contributed by atoms with E-state index in [-0.39, 0.29) is 0 Å². The molecule has 0 aromatic carbocycles. The lowest BCUT2D eigenvalue weighted by atomic mass is 10.4. The van der Waals surface area contributed by atoms with Crippen molar-refractivity contribution in [2.24, 2.45) is 0 Å². The molecule has 1 saturated heterocycles. The number of rotatable bonds is 7. The van der Waals surface area contributed by atoms with E-state index in [2.05, 4.69) is 19.9 Å². The Hall–Kier alpha value is -0.890. The number of likely N-dealkylation sites (tertiary alicyclic amines) is 1. The fourth-order valence-electron chi connectivity index (χ4n) is 2.29. The van der Waals surface area contributed by atoms with Gasteiger partial charge in [-0.2, -0.15) is 0 Å². The summed E-state index contributed by atoms with van der Waals surface area (Å²) in [5.74, 6) is 0. The van der Waals surface area contributed by atoms with Crippen LogP contribution in [0, 0.1) is 0 Å². The number of nitrogens with one attached hydrogen (secondary N) is 3. The molecule has 6 nitrogen and oxygen atoms in total. The number of hydrogen-bond acceptors (Lipinski definition) is 4. The number of sulfonamides is 1. The largest absolute Gasteiger partial charge is 0.363 e. The molecule has 0 aliphatic carbocycles. The quantitative estimate of drug-likeness (QED) is 0.665. The topological polar surface area (TPSA) is 77.2 Å². The van der Waals surface area contributed by atoms with Crippen LogP contribution in [0.4, 0.5) is 0 Å². The van der Waals surface area contributed by atoms with Crippen molar-refractivity contribution >= 4 is 10.0 Å². The van der Waals surface area contributed by atoms with Crippen molar-refractivity contribution in [2.75, 3.05) is 33.2 Å². The van der Waals surface area contributed by atoms with Crippen LogP contribution in [-0.4, -0.2) is 51.5 Å². The molecule has 1 aromatic heterocycles. The fourth-order valence-corrected chi connectivity index (χ4v) is 3.33. The SMILES string of the molecule is CNCc1cc(S(=O)(=O)NCCN2CCCC2)c[nH]1. The molecule has 1 aliphatic rings. The molecule has 19 heavy (non-hydrogen) atoms. The first kappa shape index (κ1) is 14.5. The molecule has 0 saturated carbocycles. The molecule has 1 aliphatic heterocycles. The van der Waals surface area contributed by atoms with Crippen molar-refractivity contribution in [3.05, 3.63) is 18.0 Å². The molecule has 1 aromatic rings. The zero-order valence-electron chi connectivity index (χ0n) is 11.3. The summed E-state index contributed by atoms with van der Waals surface area (Å²) in [7, 11) is -1.56. The van der Waals surface area contributed by atoms with Gasteiger partial charge in [0.15, 0.2) is 0 Å². The third-order valence-electron chi connectivity index (χ3n) is 3.31. The first-order valence-electron chi connectivity index (χ1n) is 6.66. The predicted molar refractivity (Wildman–Crippen MR) is 74.4 cm³/mol. The van der Waals surface area contributed by atoms with Crippen LogP contribution in [0.15, 0.2) is 17.2 Å². The number of hydrogen-bond donors (Lipinski definition) is 3. The lowest BCUT2D eigenvalue weighted by molar-refractivity contribution is 0.344. The Morgan fingerprint density at radius 2 is 2.11 bits per heavy atom. The van der Waals surface area contributed by atoms with Gasteiger partial charge in [-0.25, -0.2) is 13.1 Å². The van der Waals surface area contributed by atoms with Crippen molar-refractivity contribution in [2.45, 2.75) is 24.3 Å². The van der Waals surface area contributed by atoms with Gasteiger partial charge < -0.3 is 15.2 Å². The molecule has 2 rings (SSSR count). The third kappa shape index (κ3) is 4.04. The second-order valence-corrected chi connectivity index (χ2v) is 6.60. The summed E-state index contributed by atoms with van der Waals surface area (Å²) < 4.78 is 26.8. The smallest absolute Gasteiger partial charge is 0.242 e. The number of H-pyrrole nitrogens is 1. The van der Waals surface area contributed by atoms with Gasteiger partial charge >= 0.3 is 0 Å². The van der Waals surface area contributed by atoms with E-state index in [1.165, 1.54) is 19.0 Å². The first-order valence-corrected chi connectivity index (χ1v) is 8.14. The third-order valence-corrected chi connectivity index (χ3v) is 4.75. The molecule has 0 radical (unpaired) electrons. The van der Waals surface area contributed by atoms with Crippen LogP contribution in [0.3, 0.4) is 0 Å². The molecule has 7 heteroatoms. The maximum Gasteiger partial charge on any atom is 0.242 e. The van der Waals surface area contributed by atoms with Crippen molar-refractivity contribution in [1.82, 2.24) is 19.9 Å². The van der Waals surface area contributed by atoms with Crippen molar-refractivity contribution in [3.63, 3.8) is 0 Å². The molecule has 0 amide bonds. The summed E-state index contributed by atoms with van der Waals surface area (Å²) in [5, 5.41) is 2.98. The Morgan fingerprint density at radius 3 is 2.79 bits per heavy atom. The van der Waals surface area contributed by atoms with Crippen LogP contribution in [-0.2, 0) is 16.6 Å². The van der Waals surface area contributed by atoms with Gasteiger partial charge in [-0.15, -0.1) is 0 Å². The van der Waals surface area contributed by atoms with Gasteiger partial charge in [0.1, 0.15) is 0 Å². The van der Waals surface area contributed by atoms with E-state index >= 15 is 0 Å². The van der Waals surface area contributed by atoms with E-state index in [9.17, 15) is 8.42 Å². The van der Waals surface area contributed by atoms with Gasteiger partial charge in [0.2, 0.25) is 10.0 Å². The summed E-state index contributed by atoms with van der Waals surface area (Å²) >= 11 is 0. The van der Waals surface area contributed by atoms with Crippen LogP contribution < -0.4 is 10.0 Å². The van der Waals surface area contributed by atoms with Crippen LogP contribution in [0.25, 0.3) is 0 Å². The number of aromatic amines is 1. The summed E-state index contributed by atoms with van der Waals surface area (Å²) in [6, 6.07) is 1.66. The molecule has 0 spiro atoms. The number of aromatic nitrogens is 1. The van der Waals surface area contributed by atoms with E-state index in [4.69, 9.17) is 0 Å². The van der Waals surface area contributed by atoms with E-state index in [1.807, 2.05) is 7.05 Å². The lowest BCUT2D eigenvalue weighted by Crippen LogP contribution is -2.33. The molecule has 2 heterocycles. The minimum atomic E-state index is -3.39. The fraction of sp³-hybridized carbons (Fsp3) is 0.667. The molecule has 1 fully saturated rings. The molecule has 0 atom stereocenters. The molecular formula is C12H22N4O2S. The monoisotopic (exact) mass is 286 g/mol. The molecule has 0 bridgehead atoms.